The Balaban J connectivity index is 3.47. The van der Waals surface area contributed by atoms with Crippen LogP contribution < -0.4 is 0 Å². The average molecular weight is 154 g/mol. The fourth-order valence-corrected chi connectivity index (χ4v) is 0.848. The molecule has 0 saturated carbocycles. The Kier molecular flexibility index (Phi) is 5.81. The minimum absolute atomic E-state index is 0.783. The lowest BCUT2D eigenvalue weighted by atomic mass is 10.0. The largest absolute Gasteiger partial charge is 0.298 e. The van der Waals surface area contributed by atoms with Crippen molar-refractivity contribution in [3.63, 3.8) is 0 Å². The van der Waals surface area contributed by atoms with Crippen molar-refractivity contribution in [1.82, 2.24) is 0 Å². The van der Waals surface area contributed by atoms with Gasteiger partial charge in [0.1, 0.15) is 6.29 Å². The highest BCUT2D eigenvalue weighted by atomic mass is 16.1. The molecule has 0 aliphatic heterocycles. The van der Waals surface area contributed by atoms with E-state index in [4.69, 9.17) is 0 Å². The molecular weight excluding hydrogens is 136 g/mol. The van der Waals surface area contributed by atoms with Crippen LogP contribution in [0.2, 0.25) is 0 Å². The van der Waals surface area contributed by atoms with E-state index in [1.54, 1.807) is 0 Å². The normalized spacial score (nSPS) is 14.6. The van der Waals surface area contributed by atoms with Crippen LogP contribution in [0.3, 0.4) is 0 Å². The van der Waals surface area contributed by atoms with Crippen LogP contribution in [-0.2, 0) is 4.79 Å². The third-order valence-electron chi connectivity index (χ3n) is 2.01. The summed E-state index contributed by atoms with van der Waals surface area (Å²) in [4.78, 5) is 10.2. The van der Waals surface area contributed by atoms with Crippen LogP contribution >= 0.6 is 0 Å². The predicted octanol–water partition coefficient (Wildman–Crippen LogP) is 2.96. The molecule has 0 heterocycles. The van der Waals surface area contributed by atoms with Gasteiger partial charge in [-0.15, -0.1) is 0 Å². The molecule has 1 heteroatoms. The Labute approximate surface area is 69.5 Å². The molecule has 0 fully saturated rings. The van der Waals surface area contributed by atoms with E-state index in [2.05, 4.69) is 13.8 Å². The van der Waals surface area contributed by atoms with Gasteiger partial charge in [-0.25, -0.2) is 0 Å². The summed E-state index contributed by atoms with van der Waals surface area (Å²) in [7, 11) is 0. The van der Waals surface area contributed by atoms with Crippen molar-refractivity contribution in [3.8, 4) is 0 Å². The van der Waals surface area contributed by atoms with Gasteiger partial charge in [0.05, 0.1) is 0 Å². The van der Waals surface area contributed by atoms with Crippen LogP contribution in [0, 0.1) is 5.92 Å². The summed E-state index contributed by atoms with van der Waals surface area (Å²) in [6, 6.07) is 0. The van der Waals surface area contributed by atoms with E-state index in [0.29, 0.717) is 0 Å². The summed E-state index contributed by atoms with van der Waals surface area (Å²) in [6.07, 6.45) is 6.39. The summed E-state index contributed by atoms with van der Waals surface area (Å²) in [5, 5.41) is 0. The molecule has 0 saturated heterocycles. The van der Waals surface area contributed by atoms with Crippen molar-refractivity contribution in [1.29, 1.82) is 0 Å². The Morgan fingerprint density at radius 2 is 2.18 bits per heavy atom. The van der Waals surface area contributed by atoms with E-state index in [1.165, 1.54) is 12.8 Å². The molecule has 64 valence electrons. The van der Waals surface area contributed by atoms with Gasteiger partial charge in [-0.1, -0.05) is 26.3 Å². The second-order valence-corrected chi connectivity index (χ2v) is 3.16. The number of rotatable bonds is 5. The SMILES string of the molecule is CCC(C)CC/C=C(\C)C=O. The first-order valence-corrected chi connectivity index (χ1v) is 4.32. The lowest BCUT2D eigenvalue weighted by molar-refractivity contribution is -0.104. The lowest BCUT2D eigenvalue weighted by Gasteiger charge is -2.04. The number of allylic oxidation sites excluding steroid dienone is 2. The molecule has 0 aromatic heterocycles. The van der Waals surface area contributed by atoms with E-state index in [-0.39, 0.29) is 0 Å². The Morgan fingerprint density at radius 1 is 1.55 bits per heavy atom. The summed E-state index contributed by atoms with van der Waals surface area (Å²) < 4.78 is 0. The molecule has 11 heavy (non-hydrogen) atoms. The highest BCUT2D eigenvalue weighted by Gasteiger charge is 1.95. The number of aldehydes is 1. The van der Waals surface area contributed by atoms with Gasteiger partial charge in [0.15, 0.2) is 0 Å². The molecule has 1 unspecified atom stereocenters. The average Bonchev–Trinajstić information content (AvgIpc) is 2.04. The van der Waals surface area contributed by atoms with Gasteiger partial charge in [0.25, 0.3) is 0 Å². The van der Waals surface area contributed by atoms with E-state index in [0.717, 1.165) is 24.2 Å². The third-order valence-corrected chi connectivity index (χ3v) is 2.01. The van der Waals surface area contributed by atoms with Gasteiger partial charge < -0.3 is 0 Å². The number of hydrogen-bond acceptors (Lipinski definition) is 1. The highest BCUT2D eigenvalue weighted by molar-refractivity contribution is 5.71. The third kappa shape index (κ3) is 5.84. The van der Waals surface area contributed by atoms with Crippen molar-refractivity contribution in [2.24, 2.45) is 5.92 Å². The predicted molar refractivity (Wildman–Crippen MR) is 48.5 cm³/mol. The van der Waals surface area contributed by atoms with Crippen molar-refractivity contribution in [3.05, 3.63) is 11.6 Å². The monoisotopic (exact) mass is 154 g/mol. The maximum atomic E-state index is 10.2. The zero-order valence-electron chi connectivity index (χ0n) is 7.76. The van der Waals surface area contributed by atoms with Gasteiger partial charge in [0, 0.05) is 0 Å². The minimum atomic E-state index is 0.783. The molecule has 0 aromatic carbocycles. The number of carbonyl (C=O) groups excluding carboxylic acids is 1. The van der Waals surface area contributed by atoms with E-state index in [1.807, 2.05) is 13.0 Å². The zero-order valence-corrected chi connectivity index (χ0v) is 7.76. The van der Waals surface area contributed by atoms with Gasteiger partial charge in [-0.05, 0) is 31.3 Å². The number of carbonyl (C=O) groups is 1. The Morgan fingerprint density at radius 3 is 2.64 bits per heavy atom. The summed E-state index contributed by atoms with van der Waals surface area (Å²) in [5.41, 5.74) is 0.855. The van der Waals surface area contributed by atoms with E-state index >= 15 is 0 Å². The molecule has 0 aliphatic carbocycles. The van der Waals surface area contributed by atoms with Crippen LogP contribution in [-0.4, -0.2) is 6.29 Å². The minimum Gasteiger partial charge on any atom is -0.298 e. The van der Waals surface area contributed by atoms with Crippen molar-refractivity contribution >= 4 is 6.29 Å². The van der Waals surface area contributed by atoms with E-state index < -0.39 is 0 Å². The summed E-state index contributed by atoms with van der Waals surface area (Å²) >= 11 is 0. The van der Waals surface area contributed by atoms with Gasteiger partial charge in [-0.2, -0.15) is 0 Å². The highest BCUT2D eigenvalue weighted by Crippen LogP contribution is 2.10. The van der Waals surface area contributed by atoms with Crippen LogP contribution in [0.1, 0.15) is 40.0 Å². The first kappa shape index (κ1) is 10.4. The molecule has 1 nitrogen and oxygen atoms in total. The Bertz CT molecular complexity index is 136. The quantitative estimate of drug-likeness (QED) is 0.439. The van der Waals surface area contributed by atoms with Crippen molar-refractivity contribution in [2.75, 3.05) is 0 Å². The summed E-state index contributed by atoms with van der Waals surface area (Å²) in [5.74, 6) is 0.783. The summed E-state index contributed by atoms with van der Waals surface area (Å²) in [6.45, 7) is 6.29. The second kappa shape index (κ2) is 6.14. The van der Waals surface area contributed by atoms with Gasteiger partial charge in [-0.3, -0.25) is 4.79 Å². The Hall–Kier alpha value is -0.590. The molecular formula is C10H18O. The van der Waals surface area contributed by atoms with Crippen LogP contribution in [0.25, 0.3) is 0 Å². The van der Waals surface area contributed by atoms with Crippen molar-refractivity contribution in [2.45, 2.75) is 40.0 Å². The van der Waals surface area contributed by atoms with Crippen molar-refractivity contribution < 1.29 is 4.79 Å². The molecule has 0 amide bonds. The fourth-order valence-electron chi connectivity index (χ4n) is 0.848. The fraction of sp³-hybridized carbons (Fsp3) is 0.700. The first-order valence-electron chi connectivity index (χ1n) is 4.32. The first-order chi connectivity index (χ1) is 5.20. The topological polar surface area (TPSA) is 17.1 Å². The molecule has 0 N–H and O–H groups in total. The molecule has 0 rings (SSSR count). The number of hydrogen-bond donors (Lipinski definition) is 0. The van der Waals surface area contributed by atoms with Crippen LogP contribution in [0.5, 0.6) is 0 Å². The molecule has 0 radical (unpaired) electrons. The molecule has 0 aromatic rings. The zero-order chi connectivity index (χ0) is 8.69. The second-order valence-electron chi connectivity index (χ2n) is 3.16. The van der Waals surface area contributed by atoms with Crippen LogP contribution in [0.15, 0.2) is 11.6 Å². The van der Waals surface area contributed by atoms with Gasteiger partial charge in [0.2, 0.25) is 0 Å². The van der Waals surface area contributed by atoms with Gasteiger partial charge >= 0.3 is 0 Å². The lowest BCUT2D eigenvalue weighted by Crippen LogP contribution is -1.90. The molecule has 0 bridgehead atoms. The smallest absolute Gasteiger partial charge is 0.145 e. The molecule has 1 atom stereocenters. The molecule has 0 aliphatic rings. The molecule has 0 spiro atoms. The maximum absolute atomic E-state index is 10.2. The van der Waals surface area contributed by atoms with Crippen LogP contribution in [0.4, 0.5) is 0 Å². The standard InChI is InChI=1S/C10H18O/c1-4-9(2)6-5-7-10(3)8-11/h7-9H,4-6H2,1-3H3/b10-7+. The maximum Gasteiger partial charge on any atom is 0.145 e. The van der Waals surface area contributed by atoms with E-state index in [9.17, 15) is 4.79 Å².